The Labute approximate surface area is 114 Å². The molecule has 4 heteroatoms. The van der Waals surface area contributed by atoms with Crippen LogP contribution in [0.2, 0.25) is 0 Å². The third-order valence-electron chi connectivity index (χ3n) is 2.70. The molecule has 90 valence electrons. The fourth-order valence-corrected chi connectivity index (χ4v) is 3.36. The molecule has 1 atom stereocenters. The Bertz CT molecular complexity index is 478. The number of nitrogens with one attached hydrogen (secondary N) is 2. The van der Waals surface area contributed by atoms with Gasteiger partial charge in [0.2, 0.25) is 0 Å². The van der Waals surface area contributed by atoms with Gasteiger partial charge in [-0.15, -0.1) is 11.3 Å². The molecular formula is C13H15BrN2S. The number of anilines is 1. The predicted molar refractivity (Wildman–Crippen MR) is 78.9 cm³/mol. The monoisotopic (exact) mass is 310 g/mol. The molecule has 0 aliphatic rings. The topological polar surface area (TPSA) is 24.1 Å². The van der Waals surface area contributed by atoms with Crippen LogP contribution in [0.15, 0.2) is 40.2 Å². The van der Waals surface area contributed by atoms with Crippen LogP contribution < -0.4 is 10.6 Å². The van der Waals surface area contributed by atoms with Gasteiger partial charge in [0.1, 0.15) is 0 Å². The molecule has 0 aliphatic heterocycles. The smallest absolute Gasteiger partial charge is 0.0702 e. The fraction of sp³-hybridized carbons (Fsp3) is 0.231. The maximum Gasteiger partial charge on any atom is 0.0702 e. The van der Waals surface area contributed by atoms with Crippen molar-refractivity contribution in [1.82, 2.24) is 5.32 Å². The van der Waals surface area contributed by atoms with Crippen molar-refractivity contribution < 1.29 is 0 Å². The molecule has 2 aromatic rings. The van der Waals surface area contributed by atoms with E-state index in [1.165, 1.54) is 14.2 Å². The number of halogens is 1. The van der Waals surface area contributed by atoms with Crippen LogP contribution in [0.4, 0.5) is 5.69 Å². The van der Waals surface area contributed by atoms with E-state index in [0.29, 0.717) is 0 Å². The molecule has 17 heavy (non-hydrogen) atoms. The zero-order valence-corrected chi connectivity index (χ0v) is 12.2. The summed E-state index contributed by atoms with van der Waals surface area (Å²) in [6.45, 7) is 0. The van der Waals surface area contributed by atoms with E-state index < -0.39 is 0 Å². The van der Waals surface area contributed by atoms with Gasteiger partial charge in [-0.1, -0.05) is 12.1 Å². The van der Waals surface area contributed by atoms with Crippen molar-refractivity contribution in [2.75, 3.05) is 19.4 Å². The van der Waals surface area contributed by atoms with E-state index in [9.17, 15) is 0 Å². The van der Waals surface area contributed by atoms with Crippen LogP contribution in [0.3, 0.4) is 0 Å². The average Bonchev–Trinajstić information content (AvgIpc) is 2.78. The van der Waals surface area contributed by atoms with Crippen LogP contribution in [0.25, 0.3) is 0 Å². The summed E-state index contributed by atoms with van der Waals surface area (Å²) in [7, 11) is 3.92. The summed E-state index contributed by atoms with van der Waals surface area (Å²) < 4.78 is 1.17. The first-order valence-corrected chi connectivity index (χ1v) is 7.05. The normalized spacial score (nSPS) is 12.4. The fourth-order valence-electron chi connectivity index (χ4n) is 1.80. The van der Waals surface area contributed by atoms with E-state index in [1.807, 2.05) is 14.1 Å². The van der Waals surface area contributed by atoms with Gasteiger partial charge < -0.3 is 10.6 Å². The molecule has 1 aromatic heterocycles. The Balaban J connectivity index is 2.28. The largest absolute Gasteiger partial charge is 0.388 e. The molecule has 2 N–H and O–H groups in total. The highest BCUT2D eigenvalue weighted by atomic mass is 79.9. The summed E-state index contributed by atoms with van der Waals surface area (Å²) in [4.78, 5) is 1.32. The van der Waals surface area contributed by atoms with Gasteiger partial charge in [-0.3, -0.25) is 0 Å². The number of benzene rings is 1. The van der Waals surface area contributed by atoms with E-state index in [0.717, 1.165) is 5.69 Å². The van der Waals surface area contributed by atoms with Crippen LogP contribution in [0.5, 0.6) is 0 Å². The molecule has 2 rings (SSSR count). The Morgan fingerprint density at radius 2 is 1.76 bits per heavy atom. The Morgan fingerprint density at radius 1 is 1.06 bits per heavy atom. The zero-order valence-electron chi connectivity index (χ0n) is 9.83. The molecule has 0 amide bonds. The molecule has 0 saturated heterocycles. The van der Waals surface area contributed by atoms with Crippen LogP contribution in [-0.2, 0) is 0 Å². The second kappa shape index (κ2) is 5.67. The van der Waals surface area contributed by atoms with Crippen molar-refractivity contribution >= 4 is 33.0 Å². The highest BCUT2D eigenvalue weighted by Gasteiger charge is 2.13. The molecule has 0 radical (unpaired) electrons. The van der Waals surface area contributed by atoms with E-state index in [1.54, 1.807) is 11.3 Å². The summed E-state index contributed by atoms with van der Waals surface area (Å²) in [5.74, 6) is 0. The first-order chi connectivity index (χ1) is 8.24. The number of thiophene rings is 1. The maximum atomic E-state index is 3.51. The lowest BCUT2D eigenvalue weighted by Gasteiger charge is -2.15. The summed E-state index contributed by atoms with van der Waals surface area (Å²) >= 11 is 5.27. The van der Waals surface area contributed by atoms with Gasteiger partial charge in [0.25, 0.3) is 0 Å². The van der Waals surface area contributed by atoms with Crippen LogP contribution in [-0.4, -0.2) is 14.1 Å². The molecule has 1 aromatic carbocycles. The SMILES string of the molecule is CNc1ccc(C(NC)c2ccc(Br)s2)cc1. The van der Waals surface area contributed by atoms with Gasteiger partial charge in [-0.2, -0.15) is 0 Å². The minimum absolute atomic E-state index is 0.261. The first-order valence-electron chi connectivity index (χ1n) is 5.45. The van der Waals surface area contributed by atoms with Gasteiger partial charge in [-0.25, -0.2) is 0 Å². The molecule has 1 unspecified atom stereocenters. The highest BCUT2D eigenvalue weighted by molar-refractivity contribution is 9.11. The molecule has 0 aliphatic carbocycles. The number of rotatable bonds is 4. The lowest BCUT2D eigenvalue weighted by atomic mass is 10.1. The van der Waals surface area contributed by atoms with Crippen molar-refractivity contribution in [3.8, 4) is 0 Å². The average molecular weight is 311 g/mol. The van der Waals surface area contributed by atoms with Crippen LogP contribution in [0, 0.1) is 0 Å². The predicted octanol–water partition coefficient (Wildman–Crippen LogP) is 3.86. The maximum absolute atomic E-state index is 3.51. The third-order valence-corrected chi connectivity index (χ3v) is 4.39. The minimum atomic E-state index is 0.261. The second-order valence-corrected chi connectivity index (χ2v) is 6.23. The Hall–Kier alpha value is -0.840. The van der Waals surface area contributed by atoms with Gasteiger partial charge in [0.05, 0.1) is 9.83 Å². The van der Waals surface area contributed by atoms with Crippen LogP contribution in [0.1, 0.15) is 16.5 Å². The molecule has 0 bridgehead atoms. The first kappa shape index (κ1) is 12.6. The molecule has 2 nitrogen and oxygen atoms in total. The Kier molecular flexibility index (Phi) is 4.20. The van der Waals surface area contributed by atoms with Crippen molar-refractivity contribution in [3.63, 3.8) is 0 Å². The van der Waals surface area contributed by atoms with Gasteiger partial charge in [-0.05, 0) is 52.8 Å². The van der Waals surface area contributed by atoms with Crippen molar-refractivity contribution in [3.05, 3.63) is 50.6 Å². The lowest BCUT2D eigenvalue weighted by molar-refractivity contribution is 0.704. The summed E-state index contributed by atoms with van der Waals surface area (Å²) in [5.41, 5.74) is 2.41. The number of hydrogen-bond acceptors (Lipinski definition) is 3. The second-order valence-electron chi connectivity index (χ2n) is 3.74. The van der Waals surface area contributed by atoms with Crippen LogP contribution >= 0.6 is 27.3 Å². The van der Waals surface area contributed by atoms with Gasteiger partial charge >= 0.3 is 0 Å². The standard InChI is InChI=1S/C13H15BrN2S/c1-15-10-5-3-9(4-6-10)13(16-2)11-7-8-12(14)17-11/h3-8,13,15-16H,1-2H3. The Morgan fingerprint density at radius 3 is 2.24 bits per heavy atom. The number of hydrogen-bond donors (Lipinski definition) is 2. The minimum Gasteiger partial charge on any atom is -0.388 e. The van der Waals surface area contributed by atoms with Crippen molar-refractivity contribution in [1.29, 1.82) is 0 Å². The van der Waals surface area contributed by atoms with Crippen molar-refractivity contribution in [2.45, 2.75) is 6.04 Å². The summed E-state index contributed by atoms with van der Waals surface area (Å²) in [6.07, 6.45) is 0. The third kappa shape index (κ3) is 2.89. The van der Waals surface area contributed by atoms with E-state index in [-0.39, 0.29) is 6.04 Å². The highest BCUT2D eigenvalue weighted by Crippen LogP contribution is 2.31. The molecular weight excluding hydrogens is 296 g/mol. The van der Waals surface area contributed by atoms with Gasteiger partial charge in [0.15, 0.2) is 0 Å². The molecule has 0 saturated carbocycles. The molecule has 0 fully saturated rings. The van der Waals surface area contributed by atoms with Crippen molar-refractivity contribution in [2.24, 2.45) is 0 Å². The van der Waals surface area contributed by atoms with Gasteiger partial charge in [0, 0.05) is 17.6 Å². The lowest BCUT2D eigenvalue weighted by Crippen LogP contribution is -2.16. The zero-order chi connectivity index (χ0) is 12.3. The van der Waals surface area contributed by atoms with E-state index >= 15 is 0 Å². The summed E-state index contributed by atoms with van der Waals surface area (Å²) in [5, 5.41) is 6.48. The molecule has 0 spiro atoms. The van der Waals surface area contributed by atoms with E-state index in [2.05, 4.69) is 63.0 Å². The molecule has 1 heterocycles. The quantitative estimate of drug-likeness (QED) is 0.896. The summed E-state index contributed by atoms with van der Waals surface area (Å²) in [6, 6.07) is 13.0. The van der Waals surface area contributed by atoms with E-state index in [4.69, 9.17) is 0 Å².